The SMILES string of the molecule is O=C(Cn1nc(-c2ccc(F)cc2)nc1-c1ccc(F)cc1)N1CCc2nc(Br)sc2CC1. The van der Waals surface area contributed by atoms with Crippen LogP contribution in [0.25, 0.3) is 22.8 Å². The number of amides is 1. The number of halogens is 3. The lowest BCUT2D eigenvalue weighted by molar-refractivity contribution is -0.131. The maximum Gasteiger partial charge on any atom is 0.244 e. The van der Waals surface area contributed by atoms with Crippen LogP contribution >= 0.6 is 27.3 Å². The molecular formula is C23H18BrF2N5OS. The number of hydrogen-bond donors (Lipinski definition) is 0. The smallest absolute Gasteiger partial charge is 0.244 e. The molecule has 0 bridgehead atoms. The molecule has 0 atom stereocenters. The Balaban J connectivity index is 1.42. The van der Waals surface area contributed by atoms with Crippen molar-refractivity contribution in [3.8, 4) is 22.8 Å². The summed E-state index contributed by atoms with van der Waals surface area (Å²) in [5.74, 6) is 0.0137. The Morgan fingerprint density at radius 2 is 1.58 bits per heavy atom. The molecular weight excluding hydrogens is 512 g/mol. The number of hydrogen-bond acceptors (Lipinski definition) is 5. The van der Waals surface area contributed by atoms with Crippen LogP contribution in [0.1, 0.15) is 10.6 Å². The van der Waals surface area contributed by atoms with Gasteiger partial charge in [0.25, 0.3) is 0 Å². The lowest BCUT2D eigenvalue weighted by atomic mass is 10.2. The molecule has 5 rings (SSSR count). The number of carbonyl (C=O) groups excluding carboxylic acids is 1. The van der Waals surface area contributed by atoms with Crippen LogP contribution < -0.4 is 0 Å². The van der Waals surface area contributed by atoms with E-state index in [1.165, 1.54) is 33.8 Å². The highest BCUT2D eigenvalue weighted by Gasteiger charge is 2.23. The van der Waals surface area contributed by atoms with Crippen molar-refractivity contribution in [2.75, 3.05) is 13.1 Å². The zero-order valence-corrected chi connectivity index (χ0v) is 19.7. The predicted molar refractivity (Wildman–Crippen MR) is 125 cm³/mol. The van der Waals surface area contributed by atoms with Gasteiger partial charge in [0.15, 0.2) is 15.6 Å². The van der Waals surface area contributed by atoms with Gasteiger partial charge in [0.2, 0.25) is 5.91 Å². The van der Waals surface area contributed by atoms with E-state index in [2.05, 4.69) is 31.0 Å². The largest absolute Gasteiger partial charge is 0.340 e. The van der Waals surface area contributed by atoms with Gasteiger partial charge in [-0.1, -0.05) is 0 Å². The average molecular weight is 530 g/mol. The molecule has 2 aromatic heterocycles. The van der Waals surface area contributed by atoms with E-state index in [0.29, 0.717) is 42.3 Å². The van der Waals surface area contributed by atoms with Crippen molar-refractivity contribution in [1.82, 2.24) is 24.6 Å². The van der Waals surface area contributed by atoms with Crippen LogP contribution in [0.2, 0.25) is 0 Å². The molecule has 33 heavy (non-hydrogen) atoms. The van der Waals surface area contributed by atoms with Gasteiger partial charge in [-0.25, -0.2) is 23.4 Å². The van der Waals surface area contributed by atoms with E-state index >= 15 is 0 Å². The first-order valence-corrected chi connectivity index (χ1v) is 12.0. The summed E-state index contributed by atoms with van der Waals surface area (Å²) >= 11 is 5.04. The molecule has 3 heterocycles. The van der Waals surface area contributed by atoms with Gasteiger partial charge in [-0.2, -0.15) is 0 Å². The minimum atomic E-state index is -0.364. The van der Waals surface area contributed by atoms with Gasteiger partial charge in [-0.15, -0.1) is 16.4 Å². The first-order chi connectivity index (χ1) is 16.0. The molecule has 0 unspecified atom stereocenters. The molecule has 10 heteroatoms. The molecule has 2 aromatic carbocycles. The van der Waals surface area contributed by atoms with Crippen LogP contribution in [0.15, 0.2) is 52.4 Å². The summed E-state index contributed by atoms with van der Waals surface area (Å²) in [5, 5.41) is 4.53. The molecule has 0 saturated heterocycles. The van der Waals surface area contributed by atoms with Gasteiger partial charge in [-0.05, 0) is 64.5 Å². The summed E-state index contributed by atoms with van der Waals surface area (Å²) in [6.07, 6.45) is 1.46. The number of carbonyl (C=O) groups is 1. The molecule has 6 nitrogen and oxygen atoms in total. The normalized spacial score (nSPS) is 13.6. The standard InChI is InChI=1S/C23H18BrF2N5OS/c24-23-27-18-9-11-30(12-10-19(18)33-23)20(32)13-31-22(15-3-7-17(26)8-4-15)28-21(29-31)14-1-5-16(25)6-2-14/h1-8H,9-13H2. The molecule has 1 aliphatic rings. The van der Waals surface area contributed by atoms with Gasteiger partial charge in [0.05, 0.1) is 5.69 Å². The number of fused-ring (bicyclic) bond motifs is 1. The van der Waals surface area contributed by atoms with Crippen molar-refractivity contribution >= 4 is 33.2 Å². The monoisotopic (exact) mass is 529 g/mol. The molecule has 0 N–H and O–H groups in total. The maximum atomic E-state index is 13.5. The predicted octanol–water partition coefficient (Wildman–Crippen LogP) is 4.74. The quantitative estimate of drug-likeness (QED) is 0.383. The van der Waals surface area contributed by atoms with Gasteiger partial charge in [0, 0.05) is 41.9 Å². The fourth-order valence-corrected chi connectivity index (χ4v) is 5.41. The second-order valence-corrected chi connectivity index (χ2v) is 10.0. The van der Waals surface area contributed by atoms with Gasteiger partial charge in [0.1, 0.15) is 18.2 Å². The van der Waals surface area contributed by atoms with E-state index in [1.54, 1.807) is 35.6 Å². The zero-order chi connectivity index (χ0) is 22.9. The van der Waals surface area contributed by atoms with Crippen LogP contribution in [-0.4, -0.2) is 43.6 Å². The fraction of sp³-hybridized carbons (Fsp3) is 0.217. The van der Waals surface area contributed by atoms with Crippen LogP contribution in [0.4, 0.5) is 8.78 Å². The molecule has 0 saturated carbocycles. The third kappa shape index (κ3) is 4.72. The third-order valence-corrected chi connectivity index (χ3v) is 7.10. The summed E-state index contributed by atoms with van der Waals surface area (Å²) < 4.78 is 29.2. The van der Waals surface area contributed by atoms with Gasteiger partial charge in [-0.3, -0.25) is 4.79 Å². The fourth-order valence-electron chi connectivity index (χ4n) is 3.80. The Morgan fingerprint density at radius 1 is 0.939 bits per heavy atom. The van der Waals surface area contributed by atoms with Gasteiger partial charge < -0.3 is 4.90 Å². The topological polar surface area (TPSA) is 63.9 Å². The molecule has 168 valence electrons. The highest BCUT2D eigenvalue weighted by atomic mass is 79.9. The Kier molecular flexibility index (Phi) is 6.03. The van der Waals surface area contributed by atoms with Crippen molar-refractivity contribution in [2.45, 2.75) is 19.4 Å². The molecule has 0 aliphatic carbocycles. The lowest BCUT2D eigenvalue weighted by Gasteiger charge is -2.20. The molecule has 0 radical (unpaired) electrons. The van der Waals surface area contributed by atoms with Gasteiger partial charge >= 0.3 is 0 Å². The van der Waals surface area contributed by atoms with E-state index in [9.17, 15) is 13.6 Å². The van der Waals surface area contributed by atoms with E-state index < -0.39 is 0 Å². The number of aromatic nitrogens is 4. The van der Waals surface area contributed by atoms with E-state index in [0.717, 1.165) is 16.0 Å². The minimum Gasteiger partial charge on any atom is -0.340 e. The summed E-state index contributed by atoms with van der Waals surface area (Å²) in [5.41, 5.74) is 2.30. The van der Waals surface area contributed by atoms with Crippen molar-refractivity contribution in [3.05, 3.63) is 74.7 Å². The van der Waals surface area contributed by atoms with Crippen molar-refractivity contribution in [2.24, 2.45) is 0 Å². The Hall–Kier alpha value is -2.98. The van der Waals surface area contributed by atoms with Crippen LogP contribution in [0.3, 0.4) is 0 Å². The summed E-state index contributed by atoms with van der Waals surface area (Å²) in [7, 11) is 0. The first-order valence-electron chi connectivity index (χ1n) is 10.3. The summed E-state index contributed by atoms with van der Waals surface area (Å²) in [6.45, 7) is 1.17. The van der Waals surface area contributed by atoms with Crippen LogP contribution in [-0.2, 0) is 24.2 Å². The lowest BCUT2D eigenvalue weighted by Crippen LogP contribution is -2.36. The maximum absolute atomic E-state index is 13.5. The number of rotatable bonds is 4. The Morgan fingerprint density at radius 3 is 2.27 bits per heavy atom. The number of thiazole rings is 1. The van der Waals surface area contributed by atoms with Crippen LogP contribution in [0.5, 0.6) is 0 Å². The van der Waals surface area contributed by atoms with E-state index in [1.807, 2.05) is 4.90 Å². The number of nitrogens with zero attached hydrogens (tertiary/aromatic N) is 5. The van der Waals surface area contributed by atoms with E-state index in [-0.39, 0.29) is 24.1 Å². The molecule has 1 aliphatic heterocycles. The van der Waals surface area contributed by atoms with Crippen LogP contribution in [0, 0.1) is 11.6 Å². The Labute approximate surface area is 201 Å². The minimum absolute atomic E-state index is 0.00826. The Bertz CT molecular complexity index is 1280. The molecule has 1 amide bonds. The molecule has 4 aromatic rings. The highest BCUT2D eigenvalue weighted by molar-refractivity contribution is 9.11. The number of benzene rings is 2. The second kappa shape index (κ2) is 9.11. The van der Waals surface area contributed by atoms with Crippen molar-refractivity contribution < 1.29 is 13.6 Å². The zero-order valence-electron chi connectivity index (χ0n) is 17.3. The second-order valence-electron chi connectivity index (χ2n) is 7.65. The third-order valence-electron chi connectivity index (χ3n) is 5.49. The molecule has 0 spiro atoms. The molecule has 0 fully saturated rings. The van der Waals surface area contributed by atoms with Crippen molar-refractivity contribution in [1.29, 1.82) is 0 Å². The summed E-state index contributed by atoms with van der Waals surface area (Å²) in [6, 6.07) is 11.7. The first kappa shape index (κ1) is 21.8. The van der Waals surface area contributed by atoms with Crippen molar-refractivity contribution in [3.63, 3.8) is 0 Å². The average Bonchev–Trinajstić information content (AvgIpc) is 3.32. The van der Waals surface area contributed by atoms with E-state index in [4.69, 9.17) is 0 Å². The summed E-state index contributed by atoms with van der Waals surface area (Å²) in [4.78, 5) is 25.3. The highest BCUT2D eigenvalue weighted by Crippen LogP contribution is 2.27.